The number of anilines is 1. The molecule has 3 aromatic rings. The summed E-state index contributed by atoms with van der Waals surface area (Å²) < 4.78 is 1.53. The van der Waals surface area contributed by atoms with Crippen LogP contribution in [0, 0.1) is 0 Å². The van der Waals surface area contributed by atoms with E-state index < -0.39 is 0 Å². The molecule has 2 aromatic heterocycles. The standard InChI is InChI=1S/C22H25Cl2N5O/c23-18-8-6-17(7-9-18)4-3-11-25-14-15-29-20(24)16-28-21(22(29)30)27-13-10-19-5-1-2-12-26-19/h1-2,5-9,12,16,25H,3-4,10-11,13-15H2,(H,27,28). The van der Waals surface area contributed by atoms with Crippen molar-refractivity contribution in [2.75, 3.05) is 25.0 Å². The van der Waals surface area contributed by atoms with Gasteiger partial charge < -0.3 is 10.6 Å². The number of aryl methyl sites for hydroxylation is 1. The van der Waals surface area contributed by atoms with Gasteiger partial charge in [0.05, 0.1) is 6.20 Å². The van der Waals surface area contributed by atoms with E-state index in [9.17, 15) is 4.79 Å². The molecule has 6 nitrogen and oxygen atoms in total. The number of benzene rings is 1. The van der Waals surface area contributed by atoms with Crippen LogP contribution >= 0.6 is 23.2 Å². The summed E-state index contributed by atoms with van der Waals surface area (Å²) in [7, 11) is 0. The summed E-state index contributed by atoms with van der Waals surface area (Å²) in [4.78, 5) is 21.1. The normalized spacial score (nSPS) is 10.9. The summed E-state index contributed by atoms with van der Waals surface area (Å²) >= 11 is 12.1. The number of hydrogen-bond acceptors (Lipinski definition) is 5. The quantitative estimate of drug-likeness (QED) is 0.438. The molecule has 2 heterocycles. The van der Waals surface area contributed by atoms with E-state index in [1.807, 2.05) is 42.5 Å². The fourth-order valence-corrected chi connectivity index (χ4v) is 3.37. The number of hydrogen-bond donors (Lipinski definition) is 2. The first-order valence-corrected chi connectivity index (χ1v) is 10.7. The van der Waals surface area contributed by atoms with Gasteiger partial charge in [-0.1, -0.05) is 41.4 Å². The number of halogens is 2. The molecule has 1 aromatic carbocycles. The third kappa shape index (κ3) is 6.83. The smallest absolute Gasteiger partial charge is 0.294 e. The second-order valence-corrected chi connectivity index (χ2v) is 7.69. The van der Waals surface area contributed by atoms with Gasteiger partial charge in [0.15, 0.2) is 5.82 Å². The molecule has 0 spiro atoms. The Labute approximate surface area is 186 Å². The Hall–Kier alpha value is -2.41. The van der Waals surface area contributed by atoms with E-state index in [-0.39, 0.29) is 5.56 Å². The average Bonchev–Trinajstić information content (AvgIpc) is 2.76. The average molecular weight is 446 g/mol. The Morgan fingerprint density at radius 2 is 1.77 bits per heavy atom. The summed E-state index contributed by atoms with van der Waals surface area (Å²) in [6.45, 7) is 2.56. The number of rotatable bonds is 11. The van der Waals surface area contributed by atoms with E-state index in [2.05, 4.69) is 20.6 Å². The molecule has 0 fully saturated rings. The molecule has 0 saturated carbocycles. The topological polar surface area (TPSA) is 71.8 Å². The van der Waals surface area contributed by atoms with Crippen LogP contribution in [0.15, 0.2) is 59.7 Å². The summed E-state index contributed by atoms with van der Waals surface area (Å²) in [5.41, 5.74) is 2.00. The fourth-order valence-electron chi connectivity index (χ4n) is 3.04. The van der Waals surface area contributed by atoms with Crippen molar-refractivity contribution < 1.29 is 0 Å². The van der Waals surface area contributed by atoms with Crippen LogP contribution < -0.4 is 16.2 Å². The van der Waals surface area contributed by atoms with Gasteiger partial charge in [-0.25, -0.2) is 4.98 Å². The maximum absolute atomic E-state index is 12.7. The lowest BCUT2D eigenvalue weighted by Crippen LogP contribution is -2.30. The van der Waals surface area contributed by atoms with Gasteiger partial charge >= 0.3 is 0 Å². The third-order valence-electron chi connectivity index (χ3n) is 4.65. The van der Waals surface area contributed by atoms with E-state index in [1.54, 1.807) is 6.20 Å². The lowest BCUT2D eigenvalue weighted by atomic mass is 10.1. The van der Waals surface area contributed by atoms with Crippen LogP contribution in [0.4, 0.5) is 5.82 Å². The van der Waals surface area contributed by atoms with Gasteiger partial charge in [-0.05, 0) is 49.2 Å². The summed E-state index contributed by atoms with van der Waals surface area (Å²) in [6, 6.07) is 13.7. The van der Waals surface area contributed by atoms with Crippen molar-refractivity contribution in [2.45, 2.75) is 25.8 Å². The minimum absolute atomic E-state index is 0.216. The highest BCUT2D eigenvalue weighted by Crippen LogP contribution is 2.10. The number of pyridine rings is 1. The summed E-state index contributed by atoms with van der Waals surface area (Å²) in [6.07, 6.45) is 5.95. The van der Waals surface area contributed by atoms with Crippen LogP contribution in [0.5, 0.6) is 0 Å². The minimum atomic E-state index is -0.216. The third-order valence-corrected chi connectivity index (χ3v) is 5.20. The molecule has 0 radical (unpaired) electrons. The predicted octanol–water partition coefficient (Wildman–Crippen LogP) is 3.82. The molecule has 0 aliphatic heterocycles. The zero-order valence-corrected chi connectivity index (χ0v) is 18.2. The first-order chi connectivity index (χ1) is 14.6. The fraction of sp³-hybridized carbons (Fsp3) is 0.318. The molecule has 3 rings (SSSR count). The Kier molecular flexibility index (Phi) is 8.68. The molecule has 0 saturated heterocycles. The zero-order valence-electron chi connectivity index (χ0n) is 16.7. The maximum Gasteiger partial charge on any atom is 0.294 e. The van der Waals surface area contributed by atoms with Crippen molar-refractivity contribution in [3.8, 4) is 0 Å². The minimum Gasteiger partial charge on any atom is -0.365 e. The first kappa shape index (κ1) is 22.3. The monoisotopic (exact) mass is 445 g/mol. The van der Waals surface area contributed by atoms with Crippen molar-refractivity contribution in [1.29, 1.82) is 0 Å². The summed E-state index contributed by atoms with van der Waals surface area (Å²) in [5.74, 6) is 0.304. The molecular formula is C22H25Cl2N5O. The van der Waals surface area contributed by atoms with Gasteiger partial charge in [-0.2, -0.15) is 0 Å². The molecular weight excluding hydrogens is 421 g/mol. The number of nitrogens with one attached hydrogen (secondary N) is 2. The van der Waals surface area contributed by atoms with Gasteiger partial charge in [0, 0.05) is 43.0 Å². The Bertz CT molecular complexity index is 977. The van der Waals surface area contributed by atoms with Gasteiger partial charge in [0.2, 0.25) is 0 Å². The Morgan fingerprint density at radius 1 is 0.933 bits per heavy atom. The Balaban J connectivity index is 1.43. The largest absolute Gasteiger partial charge is 0.365 e. The van der Waals surface area contributed by atoms with Crippen molar-refractivity contribution in [1.82, 2.24) is 19.9 Å². The van der Waals surface area contributed by atoms with Crippen LogP contribution in [-0.2, 0) is 19.4 Å². The van der Waals surface area contributed by atoms with Crippen molar-refractivity contribution >= 4 is 29.0 Å². The lowest BCUT2D eigenvalue weighted by molar-refractivity contribution is 0.572. The van der Waals surface area contributed by atoms with E-state index in [0.717, 1.165) is 30.1 Å². The molecule has 0 amide bonds. The molecule has 0 atom stereocenters. The highest BCUT2D eigenvalue weighted by Gasteiger charge is 2.08. The predicted molar refractivity (Wildman–Crippen MR) is 123 cm³/mol. The molecule has 2 N–H and O–H groups in total. The van der Waals surface area contributed by atoms with Crippen LogP contribution in [0.2, 0.25) is 10.2 Å². The van der Waals surface area contributed by atoms with Gasteiger partial charge in [0.25, 0.3) is 5.56 Å². The van der Waals surface area contributed by atoms with Crippen molar-refractivity contribution in [3.63, 3.8) is 0 Å². The molecule has 8 heteroatoms. The molecule has 158 valence electrons. The van der Waals surface area contributed by atoms with Gasteiger partial charge in [-0.3, -0.25) is 14.3 Å². The Morgan fingerprint density at radius 3 is 2.53 bits per heavy atom. The highest BCUT2D eigenvalue weighted by molar-refractivity contribution is 6.30. The molecule has 0 aliphatic rings. The number of nitrogens with zero attached hydrogens (tertiary/aromatic N) is 3. The molecule has 0 bridgehead atoms. The summed E-state index contributed by atoms with van der Waals surface area (Å²) in [5, 5.41) is 7.53. The van der Waals surface area contributed by atoms with Crippen molar-refractivity contribution in [3.05, 3.63) is 86.6 Å². The van der Waals surface area contributed by atoms with E-state index in [0.29, 0.717) is 37.0 Å². The number of aromatic nitrogens is 3. The maximum atomic E-state index is 12.7. The van der Waals surface area contributed by atoms with Crippen LogP contribution in [0.1, 0.15) is 17.7 Å². The van der Waals surface area contributed by atoms with Crippen LogP contribution in [0.3, 0.4) is 0 Å². The zero-order chi connectivity index (χ0) is 21.2. The highest BCUT2D eigenvalue weighted by atomic mass is 35.5. The van der Waals surface area contributed by atoms with Gasteiger partial charge in [-0.15, -0.1) is 0 Å². The lowest BCUT2D eigenvalue weighted by Gasteiger charge is -2.12. The van der Waals surface area contributed by atoms with E-state index in [4.69, 9.17) is 23.2 Å². The van der Waals surface area contributed by atoms with Gasteiger partial charge in [0.1, 0.15) is 5.15 Å². The first-order valence-electron chi connectivity index (χ1n) is 9.98. The molecule has 30 heavy (non-hydrogen) atoms. The second kappa shape index (κ2) is 11.7. The van der Waals surface area contributed by atoms with Crippen LogP contribution in [0.25, 0.3) is 0 Å². The van der Waals surface area contributed by atoms with Crippen molar-refractivity contribution in [2.24, 2.45) is 0 Å². The van der Waals surface area contributed by atoms with Crippen LogP contribution in [-0.4, -0.2) is 34.2 Å². The van der Waals surface area contributed by atoms with E-state index in [1.165, 1.54) is 16.3 Å². The second-order valence-electron chi connectivity index (χ2n) is 6.86. The molecule has 0 unspecified atom stereocenters. The SMILES string of the molecule is O=c1c(NCCc2ccccn2)ncc(Cl)n1CCNCCCc1ccc(Cl)cc1. The molecule has 0 aliphatic carbocycles. The van der Waals surface area contributed by atoms with E-state index >= 15 is 0 Å².